The topological polar surface area (TPSA) is 61.4 Å². The van der Waals surface area contributed by atoms with E-state index in [1.165, 1.54) is 12.1 Å². The molecule has 118 valence electrons. The molecule has 7 heteroatoms. The highest BCUT2D eigenvalue weighted by Crippen LogP contribution is 2.30. The van der Waals surface area contributed by atoms with E-state index in [9.17, 15) is 18.0 Å². The summed E-state index contributed by atoms with van der Waals surface area (Å²) in [6, 6.07) is 3.81. The maximum atomic E-state index is 12.6. The summed E-state index contributed by atoms with van der Waals surface area (Å²) in [7, 11) is 0. The molecule has 1 aromatic rings. The SMILES string of the molecule is CCC(C)(CCO)NC(=O)Nc1cccc(C(F)(F)F)c1. The van der Waals surface area contributed by atoms with Crippen molar-refractivity contribution < 1.29 is 23.1 Å². The molecule has 0 aliphatic carbocycles. The molecule has 4 nitrogen and oxygen atoms in total. The Labute approximate surface area is 121 Å². The molecular weight excluding hydrogens is 285 g/mol. The predicted octanol–water partition coefficient (Wildman–Crippen LogP) is 3.38. The number of hydrogen-bond acceptors (Lipinski definition) is 2. The molecule has 1 atom stereocenters. The third-order valence-electron chi connectivity index (χ3n) is 3.31. The number of urea groups is 1. The lowest BCUT2D eigenvalue weighted by molar-refractivity contribution is -0.137. The van der Waals surface area contributed by atoms with Gasteiger partial charge < -0.3 is 15.7 Å². The molecule has 3 N–H and O–H groups in total. The maximum absolute atomic E-state index is 12.6. The molecule has 0 saturated heterocycles. The number of carbonyl (C=O) groups is 1. The molecule has 0 radical (unpaired) electrons. The molecule has 1 aromatic carbocycles. The number of halogens is 3. The second kappa shape index (κ2) is 6.80. The van der Waals surface area contributed by atoms with Crippen molar-refractivity contribution in [1.29, 1.82) is 0 Å². The number of anilines is 1. The number of aliphatic hydroxyl groups excluding tert-OH is 1. The molecule has 1 rings (SSSR count). The summed E-state index contributed by atoms with van der Waals surface area (Å²) in [5, 5.41) is 14.0. The van der Waals surface area contributed by atoms with Gasteiger partial charge in [-0.3, -0.25) is 0 Å². The molecule has 2 amide bonds. The number of hydrogen-bond donors (Lipinski definition) is 3. The third kappa shape index (κ3) is 5.26. The summed E-state index contributed by atoms with van der Waals surface area (Å²) in [6.07, 6.45) is -3.51. The van der Waals surface area contributed by atoms with Crippen LogP contribution in [0, 0.1) is 0 Å². The first-order valence-corrected chi connectivity index (χ1v) is 6.57. The van der Waals surface area contributed by atoms with Crippen LogP contribution in [-0.4, -0.2) is 23.3 Å². The number of rotatable bonds is 5. The lowest BCUT2D eigenvalue weighted by Gasteiger charge is -2.29. The Morgan fingerprint density at radius 3 is 2.52 bits per heavy atom. The lowest BCUT2D eigenvalue weighted by atomic mass is 9.95. The van der Waals surface area contributed by atoms with E-state index >= 15 is 0 Å². The van der Waals surface area contributed by atoms with Crippen molar-refractivity contribution in [1.82, 2.24) is 5.32 Å². The first kappa shape index (κ1) is 17.3. The molecule has 0 heterocycles. The van der Waals surface area contributed by atoms with Gasteiger partial charge in [0.05, 0.1) is 5.56 Å². The van der Waals surface area contributed by atoms with Crippen molar-refractivity contribution in [3.05, 3.63) is 29.8 Å². The molecule has 0 saturated carbocycles. The summed E-state index contributed by atoms with van der Waals surface area (Å²) in [5.41, 5.74) is -1.38. The lowest BCUT2D eigenvalue weighted by Crippen LogP contribution is -2.48. The van der Waals surface area contributed by atoms with Gasteiger partial charge in [0.25, 0.3) is 0 Å². The first-order valence-electron chi connectivity index (χ1n) is 6.57. The van der Waals surface area contributed by atoms with Gasteiger partial charge in [0, 0.05) is 17.8 Å². The fraction of sp³-hybridized carbons (Fsp3) is 0.500. The molecule has 0 spiro atoms. The smallest absolute Gasteiger partial charge is 0.396 e. The molecule has 1 unspecified atom stereocenters. The summed E-state index contributed by atoms with van der Waals surface area (Å²) in [4.78, 5) is 11.8. The van der Waals surface area contributed by atoms with E-state index in [0.717, 1.165) is 12.1 Å². The molecule has 0 aromatic heterocycles. The fourth-order valence-corrected chi connectivity index (χ4v) is 1.78. The van der Waals surface area contributed by atoms with Gasteiger partial charge in [0.15, 0.2) is 0 Å². The zero-order valence-corrected chi connectivity index (χ0v) is 11.9. The molecule has 0 aliphatic rings. The number of benzene rings is 1. The van der Waals surface area contributed by atoms with E-state index in [2.05, 4.69) is 10.6 Å². The standard InChI is InChI=1S/C14H19F3N2O2/c1-3-13(2,7-8-20)19-12(21)18-11-6-4-5-10(9-11)14(15,16)17/h4-6,9,20H,3,7-8H2,1-2H3,(H2,18,19,21). The second-order valence-corrected chi connectivity index (χ2v) is 5.05. The van der Waals surface area contributed by atoms with Crippen molar-refractivity contribution in [2.45, 2.75) is 38.4 Å². The van der Waals surface area contributed by atoms with Gasteiger partial charge in [-0.1, -0.05) is 13.0 Å². The Kier molecular flexibility index (Phi) is 5.60. The Morgan fingerprint density at radius 1 is 1.33 bits per heavy atom. The van der Waals surface area contributed by atoms with Crippen LogP contribution >= 0.6 is 0 Å². The van der Waals surface area contributed by atoms with Gasteiger partial charge >= 0.3 is 12.2 Å². The van der Waals surface area contributed by atoms with Crippen LogP contribution in [-0.2, 0) is 6.18 Å². The summed E-state index contributed by atoms with van der Waals surface area (Å²) >= 11 is 0. The van der Waals surface area contributed by atoms with Crippen LogP contribution in [0.2, 0.25) is 0 Å². The van der Waals surface area contributed by atoms with Crippen molar-refractivity contribution in [3.8, 4) is 0 Å². The summed E-state index contributed by atoms with van der Waals surface area (Å²) < 4.78 is 37.7. The van der Waals surface area contributed by atoms with Crippen molar-refractivity contribution in [2.24, 2.45) is 0 Å². The minimum Gasteiger partial charge on any atom is -0.396 e. The van der Waals surface area contributed by atoms with Crippen LogP contribution < -0.4 is 10.6 Å². The minimum atomic E-state index is -4.46. The number of alkyl halides is 3. The number of nitrogens with one attached hydrogen (secondary N) is 2. The van der Waals surface area contributed by atoms with Crippen molar-refractivity contribution >= 4 is 11.7 Å². The molecule has 21 heavy (non-hydrogen) atoms. The van der Waals surface area contributed by atoms with E-state index in [4.69, 9.17) is 5.11 Å². The van der Waals surface area contributed by atoms with Crippen molar-refractivity contribution in [3.63, 3.8) is 0 Å². The Bertz CT molecular complexity index is 491. The normalized spacial score (nSPS) is 14.4. The van der Waals surface area contributed by atoms with E-state index < -0.39 is 23.3 Å². The maximum Gasteiger partial charge on any atom is 0.416 e. The average molecular weight is 304 g/mol. The fourth-order valence-electron chi connectivity index (χ4n) is 1.78. The van der Waals surface area contributed by atoms with E-state index in [0.29, 0.717) is 12.8 Å². The number of amides is 2. The van der Waals surface area contributed by atoms with Crippen LogP contribution in [0.15, 0.2) is 24.3 Å². The Morgan fingerprint density at radius 2 is 2.00 bits per heavy atom. The highest BCUT2D eigenvalue weighted by atomic mass is 19.4. The number of carbonyl (C=O) groups excluding carboxylic acids is 1. The quantitative estimate of drug-likeness (QED) is 0.781. The second-order valence-electron chi connectivity index (χ2n) is 5.05. The Balaban J connectivity index is 2.75. The monoisotopic (exact) mass is 304 g/mol. The minimum absolute atomic E-state index is 0.0600. The van der Waals surface area contributed by atoms with E-state index in [1.807, 2.05) is 6.92 Å². The molecule has 0 aliphatic heterocycles. The largest absolute Gasteiger partial charge is 0.416 e. The zero-order valence-electron chi connectivity index (χ0n) is 11.9. The van der Waals surface area contributed by atoms with E-state index in [1.54, 1.807) is 6.92 Å². The highest BCUT2D eigenvalue weighted by Gasteiger charge is 2.30. The van der Waals surface area contributed by atoms with Crippen LogP contribution in [0.25, 0.3) is 0 Å². The van der Waals surface area contributed by atoms with E-state index in [-0.39, 0.29) is 12.3 Å². The molecule has 0 fully saturated rings. The van der Waals surface area contributed by atoms with Crippen molar-refractivity contribution in [2.75, 3.05) is 11.9 Å². The van der Waals surface area contributed by atoms with Crippen LogP contribution in [0.5, 0.6) is 0 Å². The van der Waals surface area contributed by atoms with Gasteiger partial charge in [0.1, 0.15) is 0 Å². The highest BCUT2D eigenvalue weighted by molar-refractivity contribution is 5.89. The Hall–Kier alpha value is -1.76. The zero-order chi connectivity index (χ0) is 16.1. The summed E-state index contributed by atoms with van der Waals surface area (Å²) in [5.74, 6) is 0. The van der Waals surface area contributed by atoms with Gasteiger partial charge in [-0.2, -0.15) is 13.2 Å². The third-order valence-corrected chi connectivity index (χ3v) is 3.31. The average Bonchev–Trinajstić information content (AvgIpc) is 2.38. The van der Waals surface area contributed by atoms with Gasteiger partial charge in [-0.25, -0.2) is 4.79 Å². The first-order chi connectivity index (χ1) is 9.70. The van der Waals surface area contributed by atoms with Gasteiger partial charge in [-0.15, -0.1) is 0 Å². The van der Waals surface area contributed by atoms with Crippen LogP contribution in [0.4, 0.5) is 23.7 Å². The van der Waals surface area contributed by atoms with Gasteiger partial charge in [-0.05, 0) is 38.0 Å². The van der Waals surface area contributed by atoms with Crippen LogP contribution in [0.1, 0.15) is 32.3 Å². The van der Waals surface area contributed by atoms with Gasteiger partial charge in [0.2, 0.25) is 0 Å². The number of aliphatic hydroxyl groups is 1. The summed E-state index contributed by atoms with van der Waals surface area (Å²) in [6.45, 7) is 3.52. The van der Waals surface area contributed by atoms with Crippen LogP contribution in [0.3, 0.4) is 0 Å². The molecular formula is C14H19F3N2O2. The molecule has 0 bridgehead atoms. The predicted molar refractivity (Wildman–Crippen MR) is 74.0 cm³/mol.